The first-order valence-corrected chi connectivity index (χ1v) is 7.74. The average molecular weight is 286 g/mol. The van der Waals surface area contributed by atoms with Crippen LogP contribution in [0.15, 0.2) is 23.1 Å². The summed E-state index contributed by atoms with van der Waals surface area (Å²) in [4.78, 5) is 1.23. The van der Waals surface area contributed by atoms with Crippen molar-refractivity contribution in [2.75, 3.05) is 6.61 Å². The highest BCUT2D eigenvalue weighted by Crippen LogP contribution is 2.31. The Morgan fingerprint density at radius 1 is 1.50 bits per heavy atom. The smallest absolute Gasteiger partial charge is 0.0441 e. The molecule has 2 rings (SSSR count). The molecule has 1 saturated carbocycles. The second-order valence-electron chi connectivity index (χ2n) is 4.85. The second kappa shape index (κ2) is 6.80. The molecule has 0 aromatic heterocycles. The summed E-state index contributed by atoms with van der Waals surface area (Å²) in [6, 6.07) is 6.80. The van der Waals surface area contributed by atoms with Crippen molar-refractivity contribution in [2.24, 2.45) is 0 Å². The predicted molar refractivity (Wildman–Crippen MR) is 78.3 cm³/mol. The summed E-state index contributed by atoms with van der Waals surface area (Å²) in [6.45, 7) is 3.29. The zero-order valence-electron chi connectivity index (χ0n) is 10.7. The van der Waals surface area contributed by atoms with E-state index in [1.54, 1.807) is 11.8 Å². The van der Waals surface area contributed by atoms with Crippen molar-refractivity contribution in [3.8, 4) is 0 Å². The van der Waals surface area contributed by atoms with E-state index in [0.717, 1.165) is 18.0 Å². The van der Waals surface area contributed by atoms with E-state index in [-0.39, 0.29) is 6.61 Å². The van der Waals surface area contributed by atoms with Crippen LogP contribution in [0, 0.1) is 0 Å². The van der Waals surface area contributed by atoms with E-state index in [9.17, 15) is 0 Å². The van der Waals surface area contributed by atoms with E-state index in [0.29, 0.717) is 11.3 Å². The molecule has 1 atom stereocenters. The Bertz CT molecular complexity index is 395. The molecule has 0 aliphatic heterocycles. The number of aliphatic hydroxyl groups is 1. The van der Waals surface area contributed by atoms with Gasteiger partial charge in [-0.2, -0.15) is 0 Å². The molecule has 100 valence electrons. The first kappa shape index (κ1) is 14.2. The van der Waals surface area contributed by atoms with Gasteiger partial charge in [-0.3, -0.25) is 0 Å². The van der Waals surface area contributed by atoms with Crippen LogP contribution in [0.1, 0.15) is 31.7 Å². The zero-order valence-corrected chi connectivity index (χ0v) is 12.2. The summed E-state index contributed by atoms with van der Waals surface area (Å²) in [5.41, 5.74) is 1.31. The van der Waals surface area contributed by atoms with Gasteiger partial charge < -0.3 is 10.4 Å². The third kappa shape index (κ3) is 4.47. The van der Waals surface area contributed by atoms with Gasteiger partial charge in [0.1, 0.15) is 0 Å². The fraction of sp³-hybridized carbons (Fsp3) is 0.571. The minimum absolute atomic E-state index is 0.240. The molecule has 18 heavy (non-hydrogen) atoms. The normalized spacial score (nSPS) is 16.8. The summed E-state index contributed by atoms with van der Waals surface area (Å²) >= 11 is 7.87. The monoisotopic (exact) mass is 285 g/mol. The van der Waals surface area contributed by atoms with Crippen LogP contribution in [0.3, 0.4) is 0 Å². The van der Waals surface area contributed by atoms with Gasteiger partial charge in [-0.25, -0.2) is 0 Å². The molecule has 1 fully saturated rings. The number of nitrogens with one attached hydrogen (secondary N) is 1. The highest BCUT2D eigenvalue weighted by molar-refractivity contribution is 8.00. The van der Waals surface area contributed by atoms with Crippen LogP contribution in [0.4, 0.5) is 0 Å². The predicted octanol–water partition coefficient (Wildman–Crippen LogP) is 3.46. The maximum Gasteiger partial charge on any atom is 0.0441 e. The molecular formula is C14H20ClNOS. The van der Waals surface area contributed by atoms with Crippen molar-refractivity contribution in [3.63, 3.8) is 0 Å². The first-order chi connectivity index (χ1) is 8.69. The Hall–Kier alpha value is -0.220. The highest BCUT2D eigenvalue weighted by Gasteiger charge is 2.20. The molecule has 2 nitrogen and oxygen atoms in total. The van der Waals surface area contributed by atoms with Gasteiger partial charge in [0.2, 0.25) is 0 Å². The SMILES string of the molecule is CC(CCO)Sc1cc(Cl)ccc1CNC1CC1. The number of benzene rings is 1. The van der Waals surface area contributed by atoms with Crippen molar-refractivity contribution >= 4 is 23.4 Å². The molecule has 4 heteroatoms. The minimum Gasteiger partial charge on any atom is -0.396 e. The minimum atomic E-state index is 0.240. The first-order valence-electron chi connectivity index (χ1n) is 6.48. The number of aliphatic hydroxyl groups excluding tert-OH is 1. The Kier molecular flexibility index (Phi) is 5.37. The molecule has 1 aliphatic carbocycles. The van der Waals surface area contributed by atoms with E-state index in [2.05, 4.69) is 18.3 Å². The lowest BCUT2D eigenvalue weighted by Crippen LogP contribution is -2.16. The molecule has 0 radical (unpaired) electrons. The van der Waals surface area contributed by atoms with Gasteiger partial charge in [0.25, 0.3) is 0 Å². The number of hydrogen-bond acceptors (Lipinski definition) is 3. The Labute approximate surface area is 118 Å². The lowest BCUT2D eigenvalue weighted by Gasteiger charge is -2.14. The van der Waals surface area contributed by atoms with Crippen LogP contribution in [0.5, 0.6) is 0 Å². The van der Waals surface area contributed by atoms with Gasteiger partial charge in [0, 0.05) is 34.4 Å². The largest absolute Gasteiger partial charge is 0.396 e. The molecule has 2 N–H and O–H groups in total. The van der Waals surface area contributed by atoms with Crippen molar-refractivity contribution in [1.82, 2.24) is 5.32 Å². The summed E-state index contributed by atoms with van der Waals surface area (Å²) in [5.74, 6) is 0. The van der Waals surface area contributed by atoms with E-state index in [1.165, 1.54) is 23.3 Å². The van der Waals surface area contributed by atoms with E-state index >= 15 is 0 Å². The van der Waals surface area contributed by atoms with Crippen LogP contribution >= 0.6 is 23.4 Å². The van der Waals surface area contributed by atoms with Crippen LogP contribution in [-0.4, -0.2) is 23.0 Å². The molecule has 0 saturated heterocycles. The standard InChI is InChI=1S/C14H20ClNOS/c1-10(6-7-17)18-14-8-12(15)3-2-11(14)9-16-13-4-5-13/h2-3,8,10,13,16-17H,4-7,9H2,1H3. The molecule has 1 unspecified atom stereocenters. The number of thioether (sulfide) groups is 1. The van der Waals surface area contributed by atoms with Crippen LogP contribution in [0.2, 0.25) is 5.02 Å². The molecule has 1 aromatic rings. The third-order valence-corrected chi connectivity index (χ3v) is 4.56. The van der Waals surface area contributed by atoms with Crippen molar-refractivity contribution in [3.05, 3.63) is 28.8 Å². The van der Waals surface area contributed by atoms with Gasteiger partial charge in [-0.15, -0.1) is 11.8 Å². The quantitative estimate of drug-likeness (QED) is 0.753. The number of hydrogen-bond donors (Lipinski definition) is 2. The van der Waals surface area contributed by atoms with Gasteiger partial charge in [-0.05, 0) is 37.0 Å². The average Bonchev–Trinajstić information content (AvgIpc) is 3.12. The van der Waals surface area contributed by atoms with Crippen LogP contribution in [0.25, 0.3) is 0 Å². The van der Waals surface area contributed by atoms with Crippen molar-refractivity contribution in [1.29, 1.82) is 0 Å². The summed E-state index contributed by atoms with van der Waals surface area (Å²) in [6.07, 6.45) is 3.42. The fourth-order valence-electron chi connectivity index (χ4n) is 1.78. The van der Waals surface area contributed by atoms with E-state index in [1.807, 2.05) is 12.1 Å². The van der Waals surface area contributed by atoms with Gasteiger partial charge in [-0.1, -0.05) is 24.6 Å². The Morgan fingerprint density at radius 3 is 2.94 bits per heavy atom. The molecule has 1 aliphatic rings. The summed E-state index contributed by atoms with van der Waals surface area (Å²) in [5, 5.41) is 13.7. The van der Waals surface area contributed by atoms with Gasteiger partial charge >= 0.3 is 0 Å². The molecule has 0 amide bonds. The molecule has 0 heterocycles. The number of halogens is 1. The van der Waals surface area contributed by atoms with E-state index in [4.69, 9.17) is 16.7 Å². The maximum absolute atomic E-state index is 8.97. The molecular weight excluding hydrogens is 266 g/mol. The van der Waals surface area contributed by atoms with Gasteiger partial charge in [0.05, 0.1) is 0 Å². The van der Waals surface area contributed by atoms with Crippen molar-refractivity contribution in [2.45, 2.75) is 48.9 Å². The maximum atomic E-state index is 8.97. The molecule has 0 bridgehead atoms. The lowest BCUT2D eigenvalue weighted by atomic mass is 10.2. The highest BCUT2D eigenvalue weighted by atomic mass is 35.5. The fourth-order valence-corrected chi connectivity index (χ4v) is 3.16. The Morgan fingerprint density at radius 2 is 2.28 bits per heavy atom. The summed E-state index contributed by atoms with van der Waals surface area (Å²) < 4.78 is 0. The second-order valence-corrected chi connectivity index (χ2v) is 6.76. The Balaban J connectivity index is 2.01. The zero-order chi connectivity index (χ0) is 13.0. The topological polar surface area (TPSA) is 32.3 Å². The third-order valence-electron chi connectivity index (χ3n) is 3.05. The molecule has 0 spiro atoms. The molecule has 1 aromatic carbocycles. The summed E-state index contributed by atoms with van der Waals surface area (Å²) in [7, 11) is 0. The number of rotatable bonds is 7. The van der Waals surface area contributed by atoms with Crippen molar-refractivity contribution < 1.29 is 5.11 Å². The van der Waals surface area contributed by atoms with E-state index < -0.39 is 0 Å². The van der Waals surface area contributed by atoms with Gasteiger partial charge in [0.15, 0.2) is 0 Å². The van der Waals surface area contributed by atoms with Crippen LogP contribution < -0.4 is 5.32 Å². The lowest BCUT2D eigenvalue weighted by molar-refractivity contribution is 0.289. The van der Waals surface area contributed by atoms with Crippen LogP contribution in [-0.2, 0) is 6.54 Å².